The molecule has 0 unspecified atom stereocenters. The second-order valence-corrected chi connectivity index (χ2v) is 4.24. The summed E-state index contributed by atoms with van der Waals surface area (Å²) in [6.07, 6.45) is 0. The summed E-state index contributed by atoms with van der Waals surface area (Å²) in [6.45, 7) is 1.71. The number of halogens is 2. The van der Waals surface area contributed by atoms with Crippen LogP contribution in [0.2, 0.25) is 8.67 Å². The van der Waals surface area contributed by atoms with E-state index in [4.69, 9.17) is 28.9 Å². The number of thiophene rings is 1. The highest BCUT2D eigenvalue weighted by atomic mass is 35.5. The lowest BCUT2D eigenvalue weighted by Crippen LogP contribution is -2.11. The van der Waals surface area contributed by atoms with Crippen molar-refractivity contribution < 1.29 is 4.79 Å². The molecule has 2 N–H and O–H groups in total. The molecule has 5 heteroatoms. The molecule has 0 aliphatic heterocycles. The van der Waals surface area contributed by atoms with Crippen molar-refractivity contribution in [2.24, 2.45) is 5.73 Å². The van der Waals surface area contributed by atoms with Gasteiger partial charge in [0.1, 0.15) is 4.34 Å². The van der Waals surface area contributed by atoms with Crippen LogP contribution in [0.25, 0.3) is 0 Å². The van der Waals surface area contributed by atoms with Crippen molar-refractivity contribution in [3.8, 4) is 0 Å². The number of carbonyl (C=O) groups excluding carboxylic acids is 1. The van der Waals surface area contributed by atoms with Crippen molar-refractivity contribution >= 4 is 40.4 Å². The van der Waals surface area contributed by atoms with Gasteiger partial charge in [-0.2, -0.15) is 0 Å². The predicted molar refractivity (Wildman–Crippen MR) is 47.6 cm³/mol. The van der Waals surface area contributed by atoms with Gasteiger partial charge in [-0.3, -0.25) is 4.79 Å². The molecule has 1 aromatic rings. The molecule has 0 bridgehead atoms. The molecule has 1 rings (SSSR count). The van der Waals surface area contributed by atoms with Crippen molar-refractivity contribution in [2.45, 2.75) is 6.92 Å². The van der Waals surface area contributed by atoms with Gasteiger partial charge in [0.05, 0.1) is 9.90 Å². The van der Waals surface area contributed by atoms with E-state index in [9.17, 15) is 4.79 Å². The quantitative estimate of drug-likeness (QED) is 0.760. The summed E-state index contributed by atoms with van der Waals surface area (Å²) in [5.74, 6) is -0.532. The molecule has 0 aliphatic carbocycles. The van der Waals surface area contributed by atoms with Crippen LogP contribution in [-0.4, -0.2) is 5.91 Å². The van der Waals surface area contributed by atoms with Crippen LogP contribution in [0, 0.1) is 6.92 Å². The van der Waals surface area contributed by atoms with Gasteiger partial charge in [-0.25, -0.2) is 0 Å². The van der Waals surface area contributed by atoms with Crippen LogP contribution in [0.1, 0.15) is 15.9 Å². The molecule has 0 saturated heterocycles. The predicted octanol–water partition coefficient (Wildman–Crippen LogP) is 2.46. The molecule has 0 radical (unpaired) electrons. The molecule has 0 spiro atoms. The van der Waals surface area contributed by atoms with Gasteiger partial charge in [0.2, 0.25) is 0 Å². The highest BCUT2D eigenvalue weighted by Crippen LogP contribution is 2.35. The van der Waals surface area contributed by atoms with Crippen molar-refractivity contribution in [2.75, 3.05) is 0 Å². The first kappa shape index (κ1) is 8.84. The summed E-state index contributed by atoms with van der Waals surface area (Å²) in [6, 6.07) is 0. The average Bonchev–Trinajstić information content (AvgIpc) is 2.07. The Hall–Kier alpha value is -0.250. The lowest BCUT2D eigenvalue weighted by Gasteiger charge is -1.92. The molecule has 60 valence electrons. The Balaban J connectivity index is 3.34. The van der Waals surface area contributed by atoms with Gasteiger partial charge in [-0.15, -0.1) is 11.3 Å². The Labute approximate surface area is 77.9 Å². The topological polar surface area (TPSA) is 43.1 Å². The molecule has 1 aromatic heterocycles. The fraction of sp³-hybridized carbons (Fsp3) is 0.167. The summed E-state index contributed by atoms with van der Waals surface area (Å²) in [5, 5.41) is 0. The van der Waals surface area contributed by atoms with Gasteiger partial charge in [-0.1, -0.05) is 23.2 Å². The van der Waals surface area contributed by atoms with Crippen molar-refractivity contribution in [3.05, 3.63) is 19.8 Å². The highest BCUT2D eigenvalue weighted by Gasteiger charge is 2.15. The SMILES string of the molecule is Cc1c(Cl)sc(Cl)c1C(N)=O. The monoisotopic (exact) mass is 209 g/mol. The third-order valence-corrected chi connectivity index (χ3v) is 3.10. The van der Waals surface area contributed by atoms with E-state index < -0.39 is 5.91 Å². The molecule has 0 saturated carbocycles. The lowest BCUT2D eigenvalue weighted by atomic mass is 10.2. The fourth-order valence-corrected chi connectivity index (χ4v) is 2.41. The summed E-state index contributed by atoms with van der Waals surface area (Å²) in [5.41, 5.74) is 6.05. The first-order chi connectivity index (χ1) is 5.04. The van der Waals surface area contributed by atoms with Crippen LogP contribution < -0.4 is 5.73 Å². The molecular weight excluding hydrogens is 205 g/mol. The molecule has 1 amide bonds. The third kappa shape index (κ3) is 1.50. The Morgan fingerprint density at radius 3 is 2.18 bits per heavy atom. The maximum absolute atomic E-state index is 10.7. The number of hydrogen-bond donors (Lipinski definition) is 1. The van der Waals surface area contributed by atoms with E-state index in [0.717, 1.165) is 11.3 Å². The molecule has 0 atom stereocenters. The van der Waals surface area contributed by atoms with Gasteiger partial charge in [0.15, 0.2) is 0 Å². The number of nitrogens with two attached hydrogens (primary N) is 1. The standard InChI is InChI=1S/C6H5Cl2NOS/c1-2-3(6(9)10)5(8)11-4(2)7/h1H3,(H2,9,10). The molecule has 0 aliphatic rings. The Morgan fingerprint density at radius 1 is 1.45 bits per heavy atom. The lowest BCUT2D eigenvalue weighted by molar-refractivity contribution is 0.100. The number of primary amides is 1. The minimum Gasteiger partial charge on any atom is -0.366 e. The normalized spacial score (nSPS) is 10.1. The number of hydrogen-bond acceptors (Lipinski definition) is 2. The number of carbonyl (C=O) groups is 1. The Kier molecular flexibility index (Phi) is 2.42. The van der Waals surface area contributed by atoms with Gasteiger partial charge >= 0.3 is 0 Å². The van der Waals surface area contributed by atoms with Gasteiger partial charge in [0, 0.05) is 0 Å². The zero-order valence-electron chi connectivity index (χ0n) is 5.65. The van der Waals surface area contributed by atoms with Gasteiger partial charge in [-0.05, 0) is 12.5 Å². The van der Waals surface area contributed by atoms with E-state index in [-0.39, 0.29) is 0 Å². The molecule has 0 aromatic carbocycles. The maximum atomic E-state index is 10.7. The summed E-state index contributed by atoms with van der Waals surface area (Å²) in [7, 11) is 0. The second-order valence-electron chi connectivity index (χ2n) is 2.01. The van der Waals surface area contributed by atoms with E-state index in [1.54, 1.807) is 6.92 Å². The molecule has 2 nitrogen and oxygen atoms in total. The first-order valence-corrected chi connectivity index (χ1v) is 4.35. The zero-order chi connectivity index (χ0) is 8.59. The van der Waals surface area contributed by atoms with Crippen molar-refractivity contribution in [3.63, 3.8) is 0 Å². The maximum Gasteiger partial charge on any atom is 0.251 e. The van der Waals surface area contributed by atoms with Crippen LogP contribution in [0.3, 0.4) is 0 Å². The van der Waals surface area contributed by atoms with Crippen LogP contribution in [0.15, 0.2) is 0 Å². The van der Waals surface area contributed by atoms with Gasteiger partial charge < -0.3 is 5.73 Å². The van der Waals surface area contributed by atoms with E-state index in [1.807, 2.05) is 0 Å². The van der Waals surface area contributed by atoms with Crippen LogP contribution in [0.5, 0.6) is 0 Å². The average molecular weight is 210 g/mol. The van der Waals surface area contributed by atoms with Crippen LogP contribution in [0.4, 0.5) is 0 Å². The summed E-state index contributed by atoms with van der Waals surface area (Å²) in [4.78, 5) is 10.7. The minimum absolute atomic E-state index is 0.335. The molecule has 1 heterocycles. The van der Waals surface area contributed by atoms with E-state index in [2.05, 4.69) is 0 Å². The molecule has 11 heavy (non-hydrogen) atoms. The molecule has 0 fully saturated rings. The number of rotatable bonds is 1. The number of amides is 1. The van der Waals surface area contributed by atoms with E-state index in [0.29, 0.717) is 19.8 Å². The zero-order valence-corrected chi connectivity index (χ0v) is 7.98. The first-order valence-electron chi connectivity index (χ1n) is 2.78. The van der Waals surface area contributed by atoms with Crippen molar-refractivity contribution in [1.29, 1.82) is 0 Å². The largest absolute Gasteiger partial charge is 0.366 e. The van der Waals surface area contributed by atoms with Crippen molar-refractivity contribution in [1.82, 2.24) is 0 Å². The Morgan fingerprint density at radius 2 is 2.00 bits per heavy atom. The highest BCUT2D eigenvalue weighted by molar-refractivity contribution is 7.20. The summed E-state index contributed by atoms with van der Waals surface area (Å²) >= 11 is 12.5. The molecular formula is C6H5Cl2NOS. The van der Waals surface area contributed by atoms with Crippen LogP contribution in [-0.2, 0) is 0 Å². The second kappa shape index (κ2) is 3.01. The van der Waals surface area contributed by atoms with Gasteiger partial charge in [0.25, 0.3) is 5.91 Å². The fourth-order valence-electron chi connectivity index (χ4n) is 0.734. The third-order valence-electron chi connectivity index (χ3n) is 1.29. The van der Waals surface area contributed by atoms with Crippen LogP contribution >= 0.6 is 34.5 Å². The van der Waals surface area contributed by atoms with E-state index in [1.165, 1.54) is 0 Å². The minimum atomic E-state index is -0.532. The summed E-state index contributed by atoms with van der Waals surface area (Å²) < 4.78 is 0.879. The van der Waals surface area contributed by atoms with E-state index >= 15 is 0 Å². The smallest absolute Gasteiger partial charge is 0.251 e. The Bertz CT molecular complexity index is 308.